The maximum atomic E-state index is 15.9. The van der Waals surface area contributed by atoms with Gasteiger partial charge in [0, 0.05) is 5.41 Å². The van der Waals surface area contributed by atoms with Gasteiger partial charge in [-0.15, -0.1) is 0 Å². The Labute approximate surface area is 649 Å². The maximum Gasteiger partial charge on any atom is 0.317 e. The van der Waals surface area contributed by atoms with Gasteiger partial charge in [0.25, 0.3) is 0 Å². The number of esters is 1. The summed E-state index contributed by atoms with van der Waals surface area (Å²) in [5.41, 5.74) is -9.53. The molecular weight excluding hydrogens is 1520 g/mol. The highest BCUT2D eigenvalue weighted by Gasteiger charge is 2.74. The molecule has 40 nitrogen and oxygen atoms in total. The second-order valence-electron chi connectivity index (χ2n) is 35.6. The third kappa shape index (κ3) is 15.2. The molecule has 0 amide bonds. The van der Waals surface area contributed by atoms with Crippen molar-refractivity contribution in [3.8, 4) is 0 Å². The summed E-state index contributed by atoms with van der Waals surface area (Å²) in [6.45, 7) is 6.01. The van der Waals surface area contributed by atoms with Crippen LogP contribution in [0.4, 0.5) is 0 Å². The Balaban J connectivity index is 0.729. The summed E-state index contributed by atoms with van der Waals surface area (Å²) < 4.78 is 95.5. The minimum absolute atomic E-state index is 0.0161. The normalized spacial score (nSPS) is 55.3. The first kappa shape index (κ1) is 88.5. The van der Waals surface area contributed by atoms with Crippen molar-refractivity contribution in [3.05, 3.63) is 11.6 Å². The molecule has 650 valence electrons. The van der Waals surface area contributed by atoms with Gasteiger partial charge in [-0.2, -0.15) is 0 Å². The lowest BCUT2D eigenvalue weighted by Crippen LogP contribution is -2.71. The predicted octanol–water partition coefficient (Wildman–Crippen LogP) is -9.60. The standard InChI is InChI=1S/C73H118O40/c1-27-49(106-58-46(91)50(33(82)21-99-58)107-64-56(72(97,24-78)26-102-64)112-59-45(90)43(88)41(86)34(17-74)104-59)52(109-63-54(94)71(96,23-77)25-101-63)48(93)60(103-27)110-53-40(85)32(81)20-100-62(53)113-65(95)73-13-12-66(2,3)14-29(73)28-8-9-37-67(4)15-30(79)55(68(5,22-76)36(67)10-11-69(37,6)70(28,7)16-38(73)83)111-61-47(92)51(42(87)35(18-75)105-61)108-57-44(89)39(84)31(80)19-98-57/h8,27,29-64,74-94,96-97H,9-26H2,1-7H3/t27-,29-,30-,31+,32-,33+,34+,35+,36+,37+,38+,39-,40-,41-,42+,43-,44+,45+,46+,47+,48+,49-,50-,51-,52-,53+,54-,55-,56-,57-,58-,59-,60-,61-,62-,63-,64-,67-,68-,69+,70+,71+,72+,73+/m0/s1. The number of carbonyl (C=O) groups is 1. The van der Waals surface area contributed by atoms with Gasteiger partial charge in [0.05, 0.1) is 90.5 Å². The molecule has 13 aliphatic rings. The van der Waals surface area contributed by atoms with Crippen LogP contribution in [0.25, 0.3) is 0 Å². The number of aliphatic hydroxyl groups is 23. The number of rotatable bonds is 21. The van der Waals surface area contributed by atoms with E-state index in [1.54, 1.807) is 6.92 Å². The zero-order valence-electron chi connectivity index (χ0n) is 63.9. The van der Waals surface area contributed by atoms with Crippen LogP contribution in [0.3, 0.4) is 0 Å². The van der Waals surface area contributed by atoms with E-state index in [1.165, 1.54) is 6.92 Å². The molecule has 12 fully saturated rings. The fourth-order valence-corrected chi connectivity index (χ4v) is 21.3. The highest BCUT2D eigenvalue weighted by Crippen LogP contribution is 2.76. The molecule has 0 spiro atoms. The van der Waals surface area contributed by atoms with Crippen molar-refractivity contribution in [2.75, 3.05) is 66.1 Å². The molecule has 8 aliphatic heterocycles. The van der Waals surface area contributed by atoms with Crippen LogP contribution in [-0.2, 0) is 80.6 Å². The first-order valence-electron chi connectivity index (χ1n) is 39.0. The van der Waals surface area contributed by atoms with Gasteiger partial charge in [-0.25, -0.2) is 0 Å². The summed E-state index contributed by atoms with van der Waals surface area (Å²) in [6.07, 6.45) is -55.9. The Kier molecular flexibility index (Phi) is 26.0. The number of carbonyl (C=O) groups excluding carboxylic acids is 1. The number of aliphatic hydroxyl groups excluding tert-OH is 21. The molecule has 44 atom stereocenters. The molecule has 13 rings (SSSR count). The van der Waals surface area contributed by atoms with Crippen LogP contribution in [0.2, 0.25) is 0 Å². The smallest absolute Gasteiger partial charge is 0.317 e. The van der Waals surface area contributed by atoms with E-state index < -0.39 is 337 Å². The van der Waals surface area contributed by atoms with Gasteiger partial charge in [0.15, 0.2) is 50.1 Å². The lowest BCUT2D eigenvalue weighted by atomic mass is 9.33. The summed E-state index contributed by atoms with van der Waals surface area (Å²) in [7, 11) is 0. The number of hydrogen-bond donors (Lipinski definition) is 23. The summed E-state index contributed by atoms with van der Waals surface area (Å²) in [4.78, 5) is 15.9. The molecule has 40 heteroatoms. The maximum absolute atomic E-state index is 15.9. The van der Waals surface area contributed by atoms with E-state index in [2.05, 4.69) is 40.7 Å². The zero-order valence-corrected chi connectivity index (χ0v) is 63.9. The van der Waals surface area contributed by atoms with Crippen LogP contribution >= 0.6 is 0 Å². The van der Waals surface area contributed by atoms with Crippen molar-refractivity contribution in [3.63, 3.8) is 0 Å². The van der Waals surface area contributed by atoms with Gasteiger partial charge in [-0.1, -0.05) is 53.2 Å². The highest BCUT2D eigenvalue weighted by molar-refractivity contribution is 5.80. The summed E-state index contributed by atoms with van der Waals surface area (Å²) in [5.74, 6) is -2.33. The first-order valence-corrected chi connectivity index (χ1v) is 39.0. The van der Waals surface area contributed by atoms with E-state index in [4.69, 9.17) is 75.8 Å². The van der Waals surface area contributed by atoms with Crippen molar-refractivity contribution < 1.29 is 198 Å². The third-order valence-corrected chi connectivity index (χ3v) is 28.2. The van der Waals surface area contributed by atoms with E-state index in [0.29, 0.717) is 32.1 Å². The lowest BCUT2D eigenvalue weighted by molar-refractivity contribution is -0.385. The van der Waals surface area contributed by atoms with Gasteiger partial charge in [-0.3, -0.25) is 4.79 Å². The molecule has 0 aromatic carbocycles. The monoisotopic (exact) mass is 1630 g/mol. The first-order chi connectivity index (χ1) is 53.1. The Morgan fingerprint density at radius 3 is 1.63 bits per heavy atom. The third-order valence-electron chi connectivity index (χ3n) is 28.2. The molecule has 8 heterocycles. The van der Waals surface area contributed by atoms with Crippen molar-refractivity contribution in [2.45, 2.75) is 320 Å². The molecule has 5 aliphatic carbocycles. The summed E-state index contributed by atoms with van der Waals surface area (Å²) in [6, 6.07) is 0. The molecule has 4 saturated carbocycles. The summed E-state index contributed by atoms with van der Waals surface area (Å²) in [5, 5.41) is 257. The minimum atomic E-state index is -2.35. The fourth-order valence-electron chi connectivity index (χ4n) is 21.3. The van der Waals surface area contributed by atoms with Crippen LogP contribution in [0, 0.1) is 50.2 Å². The van der Waals surface area contributed by atoms with Crippen LogP contribution in [-0.4, -0.2) is 410 Å². The minimum Gasteiger partial charge on any atom is -0.432 e. The molecule has 0 aromatic heterocycles. The highest BCUT2D eigenvalue weighted by atomic mass is 16.8. The van der Waals surface area contributed by atoms with Gasteiger partial charge >= 0.3 is 5.97 Å². The fraction of sp³-hybridized carbons (Fsp3) is 0.959. The van der Waals surface area contributed by atoms with Gasteiger partial charge < -0.3 is 193 Å². The molecule has 0 bridgehead atoms. The molecule has 0 aromatic rings. The molecule has 0 radical (unpaired) electrons. The van der Waals surface area contributed by atoms with E-state index in [9.17, 15) is 117 Å². The number of hydrogen-bond acceptors (Lipinski definition) is 40. The Morgan fingerprint density at radius 1 is 0.451 bits per heavy atom. The Bertz CT molecular complexity index is 3280. The van der Waals surface area contributed by atoms with E-state index in [-0.39, 0.29) is 25.2 Å². The Hall–Kier alpha value is -2.31. The van der Waals surface area contributed by atoms with E-state index >= 15 is 4.79 Å². The molecule has 23 N–H and O–H groups in total. The van der Waals surface area contributed by atoms with Gasteiger partial charge in [0.1, 0.15) is 145 Å². The van der Waals surface area contributed by atoms with E-state index in [1.807, 2.05) is 0 Å². The second kappa shape index (κ2) is 33.2. The van der Waals surface area contributed by atoms with E-state index in [0.717, 1.165) is 5.57 Å². The van der Waals surface area contributed by atoms with Crippen LogP contribution in [0.1, 0.15) is 99.8 Å². The average molecular weight is 1640 g/mol. The van der Waals surface area contributed by atoms with Crippen molar-refractivity contribution in [1.29, 1.82) is 0 Å². The second-order valence-corrected chi connectivity index (χ2v) is 35.6. The average Bonchev–Trinajstić information content (AvgIpc) is 0.926. The molecule has 0 unspecified atom stereocenters. The van der Waals surface area contributed by atoms with Crippen LogP contribution in [0.15, 0.2) is 11.6 Å². The zero-order chi connectivity index (χ0) is 82.3. The number of ether oxygens (including phenoxy) is 16. The quantitative estimate of drug-likeness (QED) is 0.0288. The van der Waals surface area contributed by atoms with Crippen molar-refractivity contribution in [2.24, 2.45) is 50.2 Å². The molecule has 113 heavy (non-hydrogen) atoms. The molecular formula is C73H118O40. The number of fused-ring (bicyclic) bond motifs is 7. The molecule has 8 saturated heterocycles. The SMILES string of the molecule is C[C@@H]1O[C@@H](O[C@H]2[C@H](OC(=O)[C@]34CCC(C)(C)C[C@H]3C3=CC[C@@H]5[C@@]6(C)C[C@H](O)[C@H](O[C@@H]7O[C@H](CO)[C@@H](O)[C@H](O[C@@H]8OC[C@@H](O)[C@H](O)[C@H]8O)[C@H]7O)[C@@](C)(CO)[C@@H]6CC[C@@]5(C)[C@]3(C)C[C@H]4O)OC[C@H](O)[C@@H]2O)[C@H](O)[C@H](O[C@@H]2OC[C@](O)(CO)[C@H]2O)[C@H]1O[C@@H]1OC[C@@H](O)[C@H](O[C@@H]2OC[C@](O)(CO)[C@H]2O[C@@H]2O[C@H](CO)[C@H](O)[C@H](O)[C@H]2O)[C@H]1O. The van der Waals surface area contributed by atoms with Crippen molar-refractivity contribution >= 4 is 5.97 Å². The van der Waals surface area contributed by atoms with Crippen LogP contribution in [0.5, 0.6) is 0 Å². The Morgan fingerprint density at radius 2 is 0.982 bits per heavy atom. The van der Waals surface area contributed by atoms with Gasteiger partial charge in [0.2, 0.25) is 6.29 Å². The van der Waals surface area contributed by atoms with Crippen molar-refractivity contribution in [1.82, 2.24) is 0 Å². The van der Waals surface area contributed by atoms with Crippen LogP contribution < -0.4 is 0 Å². The largest absolute Gasteiger partial charge is 0.432 e. The predicted molar refractivity (Wildman–Crippen MR) is 366 cm³/mol. The lowest BCUT2D eigenvalue weighted by Gasteiger charge is -2.72. The van der Waals surface area contributed by atoms with Gasteiger partial charge in [-0.05, 0) is 97.7 Å². The summed E-state index contributed by atoms with van der Waals surface area (Å²) >= 11 is 0. The number of allylic oxidation sites excluding steroid dienone is 2. The topological polar surface area (TPSA) is 630 Å².